The van der Waals surface area contributed by atoms with Gasteiger partial charge in [0.1, 0.15) is 0 Å². The Hall–Kier alpha value is -3.06. The van der Waals surface area contributed by atoms with Crippen LogP contribution in [-0.2, 0) is 12.7 Å². The van der Waals surface area contributed by atoms with E-state index in [1.54, 1.807) is 25.1 Å². The highest BCUT2D eigenvalue weighted by Gasteiger charge is 2.29. The number of hydrogen-bond donors (Lipinski definition) is 1. The fourth-order valence-corrected chi connectivity index (χ4v) is 2.90. The minimum absolute atomic E-state index is 0.0360. The summed E-state index contributed by atoms with van der Waals surface area (Å²) in [6.45, 7) is 1.80. The molecule has 0 bridgehead atoms. The van der Waals surface area contributed by atoms with Gasteiger partial charge >= 0.3 is 6.18 Å². The van der Waals surface area contributed by atoms with Crippen LogP contribution in [0.2, 0.25) is 5.02 Å². The van der Waals surface area contributed by atoms with Gasteiger partial charge in [-0.05, 0) is 48.4 Å². The standard InChI is InChI=1S/C21H16ClF3N2O2/c1-13-17(22)3-2-4-18(13)26-20(29)15-7-10-19(28)27(12-15)11-14-5-8-16(9-6-14)21(23,24)25/h2-10,12H,11H2,1H3,(H,26,29). The van der Waals surface area contributed by atoms with Crippen molar-refractivity contribution in [3.8, 4) is 0 Å². The van der Waals surface area contributed by atoms with Gasteiger partial charge in [0.15, 0.2) is 0 Å². The van der Waals surface area contributed by atoms with Crippen LogP contribution in [0.15, 0.2) is 65.6 Å². The van der Waals surface area contributed by atoms with E-state index in [0.29, 0.717) is 21.8 Å². The van der Waals surface area contributed by atoms with Crippen molar-refractivity contribution in [1.82, 2.24) is 4.57 Å². The molecule has 0 fully saturated rings. The van der Waals surface area contributed by atoms with Gasteiger partial charge in [0.2, 0.25) is 0 Å². The molecular formula is C21H16ClF3N2O2. The molecule has 0 aliphatic carbocycles. The number of nitrogens with zero attached hydrogens (tertiary/aromatic N) is 1. The average Bonchev–Trinajstić information content (AvgIpc) is 2.67. The van der Waals surface area contributed by atoms with Crippen LogP contribution in [0.4, 0.5) is 18.9 Å². The number of rotatable bonds is 4. The van der Waals surface area contributed by atoms with Gasteiger partial charge in [-0.1, -0.05) is 29.8 Å². The lowest BCUT2D eigenvalue weighted by molar-refractivity contribution is -0.137. The van der Waals surface area contributed by atoms with Crippen LogP contribution < -0.4 is 10.9 Å². The molecule has 1 amide bonds. The van der Waals surface area contributed by atoms with Crippen molar-refractivity contribution >= 4 is 23.2 Å². The highest BCUT2D eigenvalue weighted by molar-refractivity contribution is 6.31. The summed E-state index contributed by atoms with van der Waals surface area (Å²) in [5.41, 5.74) is 0.849. The second-order valence-electron chi connectivity index (χ2n) is 6.45. The lowest BCUT2D eigenvalue weighted by Crippen LogP contribution is -2.22. The van der Waals surface area contributed by atoms with Crippen LogP contribution in [-0.4, -0.2) is 10.5 Å². The van der Waals surface area contributed by atoms with E-state index in [1.807, 2.05) is 0 Å². The Balaban J connectivity index is 1.81. The van der Waals surface area contributed by atoms with E-state index in [0.717, 1.165) is 12.1 Å². The largest absolute Gasteiger partial charge is 0.416 e. The van der Waals surface area contributed by atoms with E-state index < -0.39 is 17.6 Å². The number of carbonyl (C=O) groups excluding carboxylic acids is 1. The van der Waals surface area contributed by atoms with E-state index in [2.05, 4.69) is 5.32 Å². The van der Waals surface area contributed by atoms with Crippen molar-refractivity contribution in [3.63, 3.8) is 0 Å². The number of aromatic nitrogens is 1. The number of nitrogens with one attached hydrogen (secondary N) is 1. The van der Waals surface area contributed by atoms with Crippen molar-refractivity contribution in [3.05, 3.63) is 98.4 Å². The second-order valence-corrected chi connectivity index (χ2v) is 6.85. The summed E-state index contributed by atoms with van der Waals surface area (Å²) in [4.78, 5) is 24.7. The quantitative estimate of drug-likeness (QED) is 0.636. The van der Waals surface area contributed by atoms with Crippen molar-refractivity contribution in [2.24, 2.45) is 0 Å². The molecule has 0 unspecified atom stereocenters. The minimum Gasteiger partial charge on any atom is -0.322 e. The van der Waals surface area contributed by atoms with Gasteiger partial charge in [0.05, 0.1) is 17.7 Å². The molecule has 0 aliphatic rings. The first-order chi connectivity index (χ1) is 13.6. The summed E-state index contributed by atoms with van der Waals surface area (Å²) in [6.07, 6.45) is -3.05. The second kappa shape index (κ2) is 8.13. The lowest BCUT2D eigenvalue weighted by Gasteiger charge is -2.12. The molecule has 8 heteroatoms. The molecule has 29 heavy (non-hydrogen) atoms. The molecule has 3 rings (SSSR count). The van der Waals surface area contributed by atoms with Crippen molar-refractivity contribution < 1.29 is 18.0 Å². The van der Waals surface area contributed by atoms with E-state index in [1.165, 1.54) is 35.0 Å². The third-order valence-corrected chi connectivity index (χ3v) is 4.81. The number of amides is 1. The molecule has 1 aromatic heterocycles. The van der Waals surface area contributed by atoms with Gasteiger partial charge in [-0.3, -0.25) is 9.59 Å². The number of hydrogen-bond acceptors (Lipinski definition) is 2. The Morgan fingerprint density at radius 2 is 1.76 bits per heavy atom. The molecule has 0 aliphatic heterocycles. The van der Waals surface area contributed by atoms with E-state index in [9.17, 15) is 22.8 Å². The van der Waals surface area contributed by atoms with Crippen molar-refractivity contribution in [2.75, 3.05) is 5.32 Å². The molecule has 150 valence electrons. The highest BCUT2D eigenvalue weighted by atomic mass is 35.5. The zero-order valence-electron chi connectivity index (χ0n) is 15.3. The van der Waals surface area contributed by atoms with Gasteiger partial charge < -0.3 is 9.88 Å². The molecular weight excluding hydrogens is 405 g/mol. The number of anilines is 1. The molecule has 4 nitrogen and oxygen atoms in total. The smallest absolute Gasteiger partial charge is 0.322 e. The SMILES string of the molecule is Cc1c(Cl)cccc1NC(=O)c1ccc(=O)n(Cc2ccc(C(F)(F)F)cc2)c1. The molecule has 0 radical (unpaired) electrons. The average molecular weight is 421 g/mol. The maximum Gasteiger partial charge on any atom is 0.416 e. The van der Waals surface area contributed by atoms with Crippen LogP contribution in [0, 0.1) is 6.92 Å². The van der Waals surface area contributed by atoms with E-state index in [-0.39, 0.29) is 17.7 Å². The Morgan fingerprint density at radius 1 is 1.07 bits per heavy atom. The Labute approximate surface area is 169 Å². The third-order valence-electron chi connectivity index (χ3n) is 4.40. The zero-order chi connectivity index (χ0) is 21.2. The third kappa shape index (κ3) is 4.86. The normalized spacial score (nSPS) is 11.3. The molecule has 1 heterocycles. The number of halogens is 4. The number of pyridine rings is 1. The highest BCUT2D eigenvalue weighted by Crippen LogP contribution is 2.29. The fraction of sp³-hybridized carbons (Fsp3) is 0.143. The predicted molar refractivity (Wildman–Crippen MR) is 105 cm³/mol. The van der Waals surface area contributed by atoms with Crippen LogP contribution in [0.5, 0.6) is 0 Å². The molecule has 0 saturated carbocycles. The van der Waals surface area contributed by atoms with Crippen LogP contribution >= 0.6 is 11.6 Å². The van der Waals surface area contributed by atoms with Crippen molar-refractivity contribution in [1.29, 1.82) is 0 Å². The first kappa shape index (κ1) is 20.7. The number of benzene rings is 2. The molecule has 2 aromatic carbocycles. The summed E-state index contributed by atoms with van der Waals surface area (Å²) >= 11 is 6.05. The molecule has 0 spiro atoms. The molecule has 0 saturated heterocycles. The maximum absolute atomic E-state index is 12.7. The predicted octanol–water partition coefficient (Wildman–Crippen LogP) is 5.13. The molecule has 0 atom stereocenters. The summed E-state index contributed by atoms with van der Waals surface area (Å²) in [5, 5.41) is 3.25. The Morgan fingerprint density at radius 3 is 2.41 bits per heavy atom. The maximum atomic E-state index is 12.7. The topological polar surface area (TPSA) is 51.1 Å². The van der Waals surface area contributed by atoms with Gasteiger partial charge in [-0.2, -0.15) is 13.2 Å². The van der Waals surface area contributed by atoms with Gasteiger partial charge in [-0.25, -0.2) is 0 Å². The van der Waals surface area contributed by atoms with Gasteiger partial charge in [0.25, 0.3) is 11.5 Å². The van der Waals surface area contributed by atoms with Crippen LogP contribution in [0.3, 0.4) is 0 Å². The Kier molecular flexibility index (Phi) is 5.79. The zero-order valence-corrected chi connectivity index (χ0v) is 16.0. The molecule has 3 aromatic rings. The fourth-order valence-electron chi connectivity index (χ4n) is 2.72. The first-order valence-electron chi connectivity index (χ1n) is 8.58. The lowest BCUT2D eigenvalue weighted by atomic mass is 10.1. The Bertz CT molecular complexity index is 1110. The van der Waals surface area contributed by atoms with Crippen LogP contribution in [0.1, 0.15) is 27.0 Å². The summed E-state index contributed by atoms with van der Waals surface area (Å²) < 4.78 is 39.3. The van der Waals surface area contributed by atoms with Crippen LogP contribution in [0.25, 0.3) is 0 Å². The summed E-state index contributed by atoms with van der Waals surface area (Å²) in [6, 6.07) is 12.3. The minimum atomic E-state index is -4.42. The van der Waals surface area contributed by atoms with E-state index in [4.69, 9.17) is 11.6 Å². The van der Waals surface area contributed by atoms with Crippen molar-refractivity contribution in [2.45, 2.75) is 19.6 Å². The number of alkyl halides is 3. The van der Waals surface area contributed by atoms with Gasteiger partial charge in [-0.15, -0.1) is 0 Å². The first-order valence-corrected chi connectivity index (χ1v) is 8.96. The van der Waals surface area contributed by atoms with Gasteiger partial charge in [0, 0.05) is 23.0 Å². The van der Waals surface area contributed by atoms with E-state index >= 15 is 0 Å². The summed E-state index contributed by atoms with van der Waals surface area (Å²) in [5.74, 6) is -0.434. The molecule has 1 N–H and O–H groups in total. The monoisotopic (exact) mass is 420 g/mol. The summed E-state index contributed by atoms with van der Waals surface area (Å²) in [7, 11) is 0. The number of carbonyl (C=O) groups is 1.